The molecule has 0 bridgehead atoms. The third kappa shape index (κ3) is 5.67. The van der Waals surface area contributed by atoms with Crippen molar-refractivity contribution in [2.24, 2.45) is 5.92 Å². The van der Waals surface area contributed by atoms with Gasteiger partial charge in [-0.25, -0.2) is 9.97 Å². The van der Waals surface area contributed by atoms with Crippen molar-refractivity contribution in [2.75, 3.05) is 69.7 Å². The van der Waals surface area contributed by atoms with Crippen LogP contribution < -0.4 is 10.2 Å². The molecule has 1 aromatic carbocycles. The minimum Gasteiger partial charge on any atom is -0.383 e. The molecule has 3 fully saturated rings. The zero-order valence-corrected chi connectivity index (χ0v) is 23.5. The minimum atomic E-state index is 0.139. The number of halogens is 1. The number of aromatic amines is 1. The second kappa shape index (κ2) is 11.2. The Balaban J connectivity index is 1.13. The van der Waals surface area contributed by atoms with E-state index in [2.05, 4.69) is 65.3 Å². The summed E-state index contributed by atoms with van der Waals surface area (Å²) >= 11 is 3.71. The van der Waals surface area contributed by atoms with Gasteiger partial charge in [-0.1, -0.05) is 0 Å². The predicted octanol–water partition coefficient (Wildman–Crippen LogP) is 3.97. The van der Waals surface area contributed by atoms with Crippen molar-refractivity contribution in [1.82, 2.24) is 24.8 Å². The van der Waals surface area contributed by atoms with Gasteiger partial charge in [-0.2, -0.15) is 0 Å². The first kappa shape index (κ1) is 25.6. The van der Waals surface area contributed by atoms with E-state index in [1.807, 2.05) is 11.1 Å². The van der Waals surface area contributed by atoms with Crippen LogP contribution in [0.25, 0.3) is 22.6 Å². The van der Waals surface area contributed by atoms with E-state index < -0.39 is 0 Å². The summed E-state index contributed by atoms with van der Waals surface area (Å²) in [5.74, 6) is 1.88. The van der Waals surface area contributed by atoms with Crippen LogP contribution in [0.1, 0.15) is 25.7 Å². The van der Waals surface area contributed by atoms with Gasteiger partial charge in [-0.3, -0.25) is 4.79 Å². The number of nitrogens with zero attached hydrogens (tertiary/aromatic N) is 5. The standard InChI is InChI=1S/C28H36BrN7O2/c1-38-15-14-35-12-13-36(18-24(35)37)22-6-4-20(5-7-22)27-32-26-25(23(29)16-30-28(26)33-27)31-21-8-10-34(11-9-21)17-19-2-3-19/h4-7,16,19,21H,2-3,8-15,17-18H2,1H3,(H2,30,31,32,33). The summed E-state index contributed by atoms with van der Waals surface area (Å²) < 4.78 is 6.06. The molecule has 1 amide bonds. The van der Waals surface area contributed by atoms with Crippen LogP contribution in [0, 0.1) is 5.92 Å². The Morgan fingerprint density at radius 1 is 1.11 bits per heavy atom. The molecular weight excluding hydrogens is 546 g/mol. The van der Waals surface area contributed by atoms with Crippen LogP contribution in [-0.2, 0) is 9.53 Å². The van der Waals surface area contributed by atoms with Crippen LogP contribution in [0.5, 0.6) is 0 Å². The maximum atomic E-state index is 12.5. The fourth-order valence-corrected chi connectivity index (χ4v) is 5.94. The number of aromatic nitrogens is 3. The van der Waals surface area contributed by atoms with Gasteiger partial charge < -0.3 is 29.7 Å². The van der Waals surface area contributed by atoms with Crippen LogP contribution in [0.2, 0.25) is 0 Å². The molecule has 2 aromatic heterocycles. The maximum Gasteiger partial charge on any atom is 0.242 e. The van der Waals surface area contributed by atoms with Crippen molar-refractivity contribution in [3.05, 3.63) is 34.9 Å². The number of carbonyl (C=O) groups is 1. The first-order valence-electron chi connectivity index (χ1n) is 13.7. The molecule has 3 aromatic rings. The Kier molecular flexibility index (Phi) is 7.54. The van der Waals surface area contributed by atoms with Crippen molar-refractivity contribution in [1.29, 1.82) is 0 Å². The molecule has 0 atom stereocenters. The quantitative estimate of drug-likeness (QED) is 0.395. The van der Waals surface area contributed by atoms with Crippen molar-refractivity contribution >= 4 is 44.4 Å². The summed E-state index contributed by atoms with van der Waals surface area (Å²) in [5.41, 5.74) is 4.68. The first-order chi connectivity index (χ1) is 18.6. The number of H-pyrrole nitrogens is 1. The van der Waals surface area contributed by atoms with Gasteiger partial charge in [0, 0.05) is 69.9 Å². The number of nitrogens with one attached hydrogen (secondary N) is 2. The number of piperidine rings is 1. The highest BCUT2D eigenvalue weighted by Crippen LogP contribution is 2.34. The average Bonchev–Trinajstić information content (AvgIpc) is 3.65. The molecule has 2 saturated heterocycles. The van der Waals surface area contributed by atoms with E-state index in [-0.39, 0.29) is 5.91 Å². The lowest BCUT2D eigenvalue weighted by atomic mass is 10.0. The Labute approximate surface area is 232 Å². The molecule has 1 aliphatic carbocycles. The van der Waals surface area contributed by atoms with Crippen molar-refractivity contribution < 1.29 is 9.53 Å². The molecule has 4 heterocycles. The van der Waals surface area contributed by atoms with Gasteiger partial charge in [0.2, 0.25) is 5.91 Å². The van der Waals surface area contributed by atoms with Crippen molar-refractivity contribution in [3.8, 4) is 11.4 Å². The lowest BCUT2D eigenvalue weighted by molar-refractivity contribution is -0.131. The summed E-state index contributed by atoms with van der Waals surface area (Å²) in [5, 5.41) is 3.77. The molecule has 2 aliphatic heterocycles. The molecule has 38 heavy (non-hydrogen) atoms. The fourth-order valence-electron chi connectivity index (χ4n) is 5.53. The summed E-state index contributed by atoms with van der Waals surface area (Å²) in [6.07, 6.45) is 6.96. The molecule has 2 N–H and O–H groups in total. The number of carbonyl (C=O) groups excluding carboxylic acids is 1. The van der Waals surface area contributed by atoms with Gasteiger partial charge in [0.05, 0.1) is 23.3 Å². The zero-order valence-electron chi connectivity index (χ0n) is 22.0. The van der Waals surface area contributed by atoms with Crippen LogP contribution in [0.4, 0.5) is 11.4 Å². The van der Waals surface area contributed by atoms with Crippen LogP contribution >= 0.6 is 15.9 Å². The number of piperazine rings is 1. The van der Waals surface area contributed by atoms with E-state index in [9.17, 15) is 4.79 Å². The van der Waals surface area contributed by atoms with Crippen molar-refractivity contribution in [3.63, 3.8) is 0 Å². The molecule has 6 rings (SSSR count). The molecule has 9 nitrogen and oxygen atoms in total. The maximum absolute atomic E-state index is 12.5. The number of ether oxygens (including phenoxy) is 1. The molecule has 3 aliphatic rings. The highest BCUT2D eigenvalue weighted by atomic mass is 79.9. The number of anilines is 2. The third-order valence-corrected chi connectivity index (χ3v) is 8.61. The molecular formula is C28H36BrN7O2. The van der Waals surface area contributed by atoms with Crippen LogP contribution in [-0.4, -0.2) is 96.2 Å². The largest absolute Gasteiger partial charge is 0.383 e. The normalized spacial score (nSPS) is 19.5. The number of rotatable bonds is 9. The van der Waals surface area contributed by atoms with E-state index in [1.165, 1.54) is 19.4 Å². The Morgan fingerprint density at radius 3 is 2.61 bits per heavy atom. The number of pyridine rings is 1. The molecule has 10 heteroatoms. The number of imidazole rings is 1. The SMILES string of the molecule is COCCN1CCN(c2ccc(-c3nc4c(NC5CCN(CC6CC6)CC5)c(Br)cnc4[nH]3)cc2)CC1=O. The number of likely N-dealkylation sites (tertiary alicyclic amines) is 1. The van der Waals surface area contributed by atoms with Gasteiger partial charge in [0.25, 0.3) is 0 Å². The summed E-state index contributed by atoms with van der Waals surface area (Å²) in [6, 6.07) is 8.69. The average molecular weight is 583 g/mol. The van der Waals surface area contributed by atoms with Gasteiger partial charge in [0.15, 0.2) is 5.65 Å². The molecule has 0 spiro atoms. The van der Waals surface area contributed by atoms with E-state index >= 15 is 0 Å². The number of hydrogen-bond donors (Lipinski definition) is 2. The predicted molar refractivity (Wildman–Crippen MR) is 154 cm³/mol. The highest BCUT2D eigenvalue weighted by Gasteiger charge is 2.28. The van der Waals surface area contributed by atoms with Gasteiger partial charge in [-0.15, -0.1) is 0 Å². The smallest absolute Gasteiger partial charge is 0.242 e. The highest BCUT2D eigenvalue weighted by molar-refractivity contribution is 9.10. The van der Waals surface area contributed by atoms with E-state index in [0.29, 0.717) is 32.3 Å². The first-order valence-corrected chi connectivity index (χ1v) is 14.5. The molecule has 0 unspecified atom stereocenters. The lowest BCUT2D eigenvalue weighted by Gasteiger charge is -2.35. The number of benzene rings is 1. The number of methoxy groups -OCH3 is 1. The van der Waals surface area contributed by atoms with E-state index in [1.54, 1.807) is 7.11 Å². The summed E-state index contributed by atoms with van der Waals surface area (Å²) in [6.45, 7) is 6.72. The molecule has 1 saturated carbocycles. The van der Waals surface area contributed by atoms with E-state index in [0.717, 1.165) is 76.8 Å². The Bertz CT molecular complexity index is 1270. The van der Waals surface area contributed by atoms with E-state index in [4.69, 9.17) is 9.72 Å². The fraction of sp³-hybridized carbons (Fsp3) is 0.536. The van der Waals surface area contributed by atoms with Gasteiger partial charge in [0.1, 0.15) is 11.3 Å². The summed E-state index contributed by atoms with van der Waals surface area (Å²) in [7, 11) is 1.66. The van der Waals surface area contributed by atoms with Crippen molar-refractivity contribution in [2.45, 2.75) is 31.7 Å². The minimum absolute atomic E-state index is 0.139. The van der Waals surface area contributed by atoms with Gasteiger partial charge >= 0.3 is 0 Å². The number of fused-ring (bicyclic) bond motifs is 1. The third-order valence-electron chi connectivity index (χ3n) is 8.01. The number of hydrogen-bond acceptors (Lipinski definition) is 7. The molecule has 202 valence electrons. The zero-order chi connectivity index (χ0) is 26.1. The Morgan fingerprint density at radius 2 is 1.89 bits per heavy atom. The topological polar surface area (TPSA) is 89.6 Å². The van der Waals surface area contributed by atoms with Gasteiger partial charge in [-0.05, 0) is 71.8 Å². The lowest BCUT2D eigenvalue weighted by Crippen LogP contribution is -2.51. The van der Waals surface area contributed by atoms with Crippen LogP contribution in [0.3, 0.4) is 0 Å². The summed E-state index contributed by atoms with van der Waals surface area (Å²) in [4.78, 5) is 32.1. The number of amides is 1. The molecule has 0 radical (unpaired) electrons. The monoisotopic (exact) mass is 581 g/mol. The second-order valence-corrected chi connectivity index (χ2v) is 11.6. The van der Waals surface area contributed by atoms with Crippen LogP contribution in [0.15, 0.2) is 34.9 Å². The second-order valence-electron chi connectivity index (χ2n) is 10.8. The Hall–Kier alpha value is -2.69.